The summed E-state index contributed by atoms with van der Waals surface area (Å²) in [5.74, 6) is 1.33. The lowest BCUT2D eigenvalue weighted by atomic mass is 9.90. The zero-order valence-corrected chi connectivity index (χ0v) is 16.2. The van der Waals surface area contributed by atoms with Crippen LogP contribution in [0.25, 0.3) is 10.9 Å². The summed E-state index contributed by atoms with van der Waals surface area (Å²) in [5.41, 5.74) is 0.808. The van der Waals surface area contributed by atoms with E-state index in [4.69, 9.17) is 14.7 Å². The lowest BCUT2D eigenvalue weighted by Crippen LogP contribution is -2.37. The van der Waals surface area contributed by atoms with Crippen LogP contribution in [0.3, 0.4) is 0 Å². The summed E-state index contributed by atoms with van der Waals surface area (Å²) in [6, 6.07) is 15.1. The fraction of sp³-hybridized carbons (Fsp3) is 0.364. The highest BCUT2D eigenvalue weighted by Crippen LogP contribution is 2.34. The molecular formula is C22H25N3O3. The van der Waals surface area contributed by atoms with Crippen LogP contribution in [0.2, 0.25) is 0 Å². The van der Waals surface area contributed by atoms with Crippen molar-refractivity contribution < 1.29 is 14.9 Å². The molecule has 0 aliphatic carbocycles. The van der Waals surface area contributed by atoms with E-state index >= 15 is 0 Å². The normalized spacial score (nSPS) is 17.5. The molecule has 28 heavy (non-hydrogen) atoms. The number of aliphatic hydroxyl groups is 2. The van der Waals surface area contributed by atoms with E-state index in [1.54, 1.807) is 14.0 Å². The number of hydrogen-bond donors (Lipinski definition) is 2. The Bertz CT molecular complexity index is 964. The van der Waals surface area contributed by atoms with Gasteiger partial charge in [-0.15, -0.1) is 0 Å². The Kier molecular flexibility index (Phi) is 4.91. The summed E-state index contributed by atoms with van der Waals surface area (Å²) < 4.78 is 5.23. The van der Waals surface area contributed by atoms with Gasteiger partial charge < -0.3 is 19.8 Å². The molecule has 1 fully saturated rings. The molecule has 6 nitrogen and oxygen atoms in total. The third-order valence-corrected chi connectivity index (χ3v) is 5.45. The Labute approximate surface area is 164 Å². The Morgan fingerprint density at radius 3 is 2.39 bits per heavy atom. The number of para-hydroxylation sites is 1. The van der Waals surface area contributed by atoms with E-state index in [1.807, 2.05) is 48.5 Å². The van der Waals surface area contributed by atoms with Gasteiger partial charge in [-0.3, -0.25) is 0 Å². The molecule has 0 amide bonds. The van der Waals surface area contributed by atoms with Crippen molar-refractivity contribution in [1.82, 2.24) is 9.97 Å². The SMILES string of the molecule is COc1ccc(C(C)(O)c2nc(N3CCC(O)CC3)nc3ccccc23)cc1. The van der Waals surface area contributed by atoms with Gasteiger partial charge in [0.15, 0.2) is 0 Å². The van der Waals surface area contributed by atoms with Crippen molar-refractivity contribution in [3.05, 3.63) is 59.8 Å². The van der Waals surface area contributed by atoms with Crippen LogP contribution in [0.4, 0.5) is 5.95 Å². The second-order valence-corrected chi connectivity index (χ2v) is 7.41. The molecule has 1 atom stereocenters. The highest BCUT2D eigenvalue weighted by atomic mass is 16.5. The van der Waals surface area contributed by atoms with Crippen LogP contribution in [-0.4, -0.2) is 46.5 Å². The molecule has 0 saturated carbocycles. The third-order valence-electron chi connectivity index (χ3n) is 5.45. The van der Waals surface area contributed by atoms with Gasteiger partial charge in [0.25, 0.3) is 0 Å². The number of aromatic nitrogens is 2. The van der Waals surface area contributed by atoms with Gasteiger partial charge >= 0.3 is 0 Å². The minimum atomic E-state index is -1.29. The highest BCUT2D eigenvalue weighted by Gasteiger charge is 2.31. The minimum absolute atomic E-state index is 0.265. The molecular weight excluding hydrogens is 354 g/mol. The fourth-order valence-corrected chi connectivity index (χ4v) is 3.69. The summed E-state index contributed by atoms with van der Waals surface area (Å²) in [5, 5.41) is 22.1. The van der Waals surface area contributed by atoms with Crippen molar-refractivity contribution in [3.63, 3.8) is 0 Å². The molecule has 1 aromatic heterocycles. The van der Waals surface area contributed by atoms with Gasteiger partial charge in [0.2, 0.25) is 5.95 Å². The molecule has 1 aliphatic rings. The zero-order valence-electron chi connectivity index (χ0n) is 16.2. The van der Waals surface area contributed by atoms with Crippen LogP contribution >= 0.6 is 0 Å². The Hall–Kier alpha value is -2.70. The molecule has 146 valence electrons. The molecule has 0 bridgehead atoms. The molecule has 3 aromatic rings. The molecule has 2 N–H and O–H groups in total. The number of fused-ring (bicyclic) bond motifs is 1. The van der Waals surface area contributed by atoms with Crippen LogP contribution in [-0.2, 0) is 5.60 Å². The maximum Gasteiger partial charge on any atom is 0.226 e. The maximum atomic E-state index is 11.5. The van der Waals surface area contributed by atoms with Crippen LogP contribution < -0.4 is 9.64 Å². The summed E-state index contributed by atoms with van der Waals surface area (Å²) >= 11 is 0. The van der Waals surface area contributed by atoms with Gasteiger partial charge in [-0.25, -0.2) is 9.97 Å². The lowest BCUT2D eigenvalue weighted by molar-refractivity contribution is 0.0989. The second kappa shape index (κ2) is 7.37. The van der Waals surface area contributed by atoms with E-state index in [2.05, 4.69) is 4.90 Å². The predicted octanol–water partition coefficient (Wildman–Crippen LogP) is 2.86. The van der Waals surface area contributed by atoms with Crippen molar-refractivity contribution in [2.24, 2.45) is 0 Å². The number of benzene rings is 2. The van der Waals surface area contributed by atoms with Crippen molar-refractivity contribution in [2.45, 2.75) is 31.5 Å². The quantitative estimate of drug-likeness (QED) is 0.726. The smallest absolute Gasteiger partial charge is 0.226 e. The lowest BCUT2D eigenvalue weighted by Gasteiger charge is -2.31. The summed E-state index contributed by atoms with van der Waals surface area (Å²) in [7, 11) is 1.62. The topological polar surface area (TPSA) is 78.7 Å². The molecule has 2 aromatic carbocycles. The monoisotopic (exact) mass is 379 g/mol. The molecule has 1 unspecified atom stereocenters. The van der Waals surface area contributed by atoms with Gasteiger partial charge in [-0.05, 0) is 43.5 Å². The van der Waals surface area contributed by atoms with Crippen LogP contribution in [0.1, 0.15) is 31.0 Å². The van der Waals surface area contributed by atoms with Crippen molar-refractivity contribution in [2.75, 3.05) is 25.1 Å². The van der Waals surface area contributed by atoms with E-state index in [-0.39, 0.29) is 6.10 Å². The number of piperidine rings is 1. The van der Waals surface area contributed by atoms with E-state index in [1.165, 1.54) is 0 Å². The van der Waals surface area contributed by atoms with Gasteiger partial charge in [-0.2, -0.15) is 0 Å². The largest absolute Gasteiger partial charge is 0.497 e. The summed E-state index contributed by atoms with van der Waals surface area (Å²) in [6.07, 6.45) is 1.12. The summed E-state index contributed by atoms with van der Waals surface area (Å²) in [6.45, 7) is 3.15. The number of nitrogens with zero attached hydrogens (tertiary/aromatic N) is 3. The molecule has 1 aliphatic heterocycles. The van der Waals surface area contributed by atoms with E-state index in [9.17, 15) is 10.2 Å². The molecule has 6 heteroatoms. The minimum Gasteiger partial charge on any atom is -0.497 e. The van der Waals surface area contributed by atoms with Crippen LogP contribution in [0.15, 0.2) is 48.5 Å². The number of hydrogen-bond acceptors (Lipinski definition) is 6. The third kappa shape index (κ3) is 3.41. The van der Waals surface area contributed by atoms with Crippen molar-refractivity contribution in [1.29, 1.82) is 0 Å². The number of ether oxygens (including phenoxy) is 1. The average Bonchev–Trinajstić information content (AvgIpc) is 2.73. The first kappa shape index (κ1) is 18.7. The molecule has 1 saturated heterocycles. The number of anilines is 1. The Morgan fingerprint density at radius 2 is 1.71 bits per heavy atom. The maximum absolute atomic E-state index is 11.5. The first-order chi connectivity index (χ1) is 13.5. The van der Waals surface area contributed by atoms with Crippen molar-refractivity contribution >= 4 is 16.9 Å². The van der Waals surface area contributed by atoms with E-state index < -0.39 is 5.60 Å². The summed E-state index contributed by atoms with van der Waals surface area (Å²) in [4.78, 5) is 11.6. The highest BCUT2D eigenvalue weighted by molar-refractivity contribution is 5.83. The molecule has 0 spiro atoms. The first-order valence-electron chi connectivity index (χ1n) is 9.56. The number of aliphatic hydroxyl groups excluding tert-OH is 1. The first-order valence-corrected chi connectivity index (χ1v) is 9.56. The van der Waals surface area contributed by atoms with Gasteiger partial charge in [-0.1, -0.05) is 30.3 Å². The van der Waals surface area contributed by atoms with Crippen molar-refractivity contribution in [3.8, 4) is 5.75 Å². The van der Waals surface area contributed by atoms with Crippen LogP contribution in [0.5, 0.6) is 5.75 Å². The molecule has 2 heterocycles. The standard InChI is InChI=1S/C22H25N3O3/c1-22(27,15-7-9-17(28-2)10-8-15)20-18-5-3-4-6-19(18)23-21(24-20)25-13-11-16(26)12-14-25/h3-10,16,26-27H,11-14H2,1-2H3. The van der Waals surface area contributed by atoms with E-state index in [0.29, 0.717) is 37.6 Å². The fourth-order valence-electron chi connectivity index (χ4n) is 3.69. The number of rotatable bonds is 4. The predicted molar refractivity (Wildman–Crippen MR) is 109 cm³/mol. The van der Waals surface area contributed by atoms with Gasteiger partial charge in [0.05, 0.1) is 24.4 Å². The van der Waals surface area contributed by atoms with Gasteiger partial charge in [0.1, 0.15) is 11.4 Å². The second-order valence-electron chi connectivity index (χ2n) is 7.41. The molecule has 4 rings (SSSR count). The van der Waals surface area contributed by atoms with E-state index in [0.717, 1.165) is 22.2 Å². The van der Waals surface area contributed by atoms with Gasteiger partial charge in [0, 0.05) is 18.5 Å². The number of methoxy groups -OCH3 is 1. The molecule has 0 radical (unpaired) electrons. The average molecular weight is 379 g/mol. The van der Waals surface area contributed by atoms with Crippen LogP contribution in [0, 0.1) is 0 Å². The Morgan fingerprint density at radius 1 is 1.04 bits per heavy atom. The zero-order chi connectivity index (χ0) is 19.7. The Balaban J connectivity index is 1.82.